The molecule has 1 aliphatic heterocycles. The fourth-order valence-electron chi connectivity index (χ4n) is 2.12. The summed E-state index contributed by atoms with van der Waals surface area (Å²) in [5.74, 6) is -0.0752. The lowest BCUT2D eigenvalue weighted by atomic mass is 10.1. The van der Waals surface area contributed by atoms with Crippen molar-refractivity contribution >= 4 is 17.5 Å². The first-order valence-corrected chi connectivity index (χ1v) is 6.50. The van der Waals surface area contributed by atoms with Gasteiger partial charge in [0.2, 0.25) is 11.8 Å². The summed E-state index contributed by atoms with van der Waals surface area (Å²) in [7, 11) is 0. The van der Waals surface area contributed by atoms with Gasteiger partial charge in [0.1, 0.15) is 6.04 Å². The summed E-state index contributed by atoms with van der Waals surface area (Å²) in [6.45, 7) is 5.11. The molecule has 0 bridgehead atoms. The number of hydrogen-bond donors (Lipinski definition) is 2. The van der Waals surface area contributed by atoms with Crippen molar-refractivity contribution in [2.75, 3.05) is 24.5 Å². The van der Waals surface area contributed by atoms with Crippen LogP contribution in [0.4, 0.5) is 5.69 Å². The number of likely N-dealkylation sites (N-methyl/N-ethyl adjacent to an activating group) is 1. The van der Waals surface area contributed by atoms with Gasteiger partial charge in [-0.3, -0.25) is 14.9 Å². The van der Waals surface area contributed by atoms with E-state index in [0.29, 0.717) is 13.1 Å². The SMILES string of the molecule is CCN(C(=O)C1CNC(=O)CN1)c1ccc(C)cc1. The zero-order chi connectivity index (χ0) is 13.8. The lowest BCUT2D eigenvalue weighted by molar-refractivity contribution is -0.125. The van der Waals surface area contributed by atoms with Crippen LogP contribution in [0.5, 0.6) is 0 Å². The molecule has 0 aliphatic carbocycles. The molecule has 5 heteroatoms. The zero-order valence-electron chi connectivity index (χ0n) is 11.3. The number of anilines is 1. The first kappa shape index (κ1) is 13.5. The van der Waals surface area contributed by atoms with Crippen molar-refractivity contribution in [3.05, 3.63) is 29.8 Å². The van der Waals surface area contributed by atoms with Gasteiger partial charge >= 0.3 is 0 Å². The zero-order valence-corrected chi connectivity index (χ0v) is 11.3. The van der Waals surface area contributed by atoms with Crippen LogP contribution < -0.4 is 15.5 Å². The van der Waals surface area contributed by atoms with E-state index >= 15 is 0 Å². The Labute approximate surface area is 113 Å². The summed E-state index contributed by atoms with van der Waals surface area (Å²) in [6, 6.07) is 7.51. The van der Waals surface area contributed by atoms with E-state index in [1.807, 2.05) is 38.1 Å². The van der Waals surface area contributed by atoms with Crippen molar-refractivity contribution in [2.24, 2.45) is 0 Å². The van der Waals surface area contributed by atoms with Crippen LogP contribution in [0.15, 0.2) is 24.3 Å². The topological polar surface area (TPSA) is 61.4 Å². The highest BCUT2D eigenvalue weighted by Gasteiger charge is 2.27. The Morgan fingerprint density at radius 2 is 2.05 bits per heavy atom. The fourth-order valence-corrected chi connectivity index (χ4v) is 2.12. The molecular formula is C14H19N3O2. The first-order chi connectivity index (χ1) is 9.11. The van der Waals surface area contributed by atoms with Crippen molar-refractivity contribution in [2.45, 2.75) is 19.9 Å². The van der Waals surface area contributed by atoms with E-state index in [0.717, 1.165) is 11.3 Å². The number of rotatable bonds is 3. The molecule has 1 aliphatic rings. The Bertz CT molecular complexity index is 460. The van der Waals surface area contributed by atoms with E-state index in [4.69, 9.17) is 0 Å². The lowest BCUT2D eigenvalue weighted by Crippen LogP contribution is -2.58. The third-order valence-electron chi connectivity index (χ3n) is 3.24. The Hall–Kier alpha value is -1.88. The second kappa shape index (κ2) is 5.84. The van der Waals surface area contributed by atoms with E-state index < -0.39 is 0 Å². The second-order valence-corrected chi connectivity index (χ2v) is 4.66. The number of carbonyl (C=O) groups is 2. The van der Waals surface area contributed by atoms with Gasteiger partial charge in [0.15, 0.2) is 0 Å². The number of amides is 2. The predicted octanol–water partition coefficient (Wildman–Crippen LogP) is 0.436. The minimum atomic E-state index is -0.348. The van der Waals surface area contributed by atoms with Crippen molar-refractivity contribution in [1.29, 1.82) is 0 Å². The average Bonchev–Trinajstić information content (AvgIpc) is 2.42. The highest BCUT2D eigenvalue weighted by atomic mass is 16.2. The van der Waals surface area contributed by atoms with Crippen molar-refractivity contribution in [3.8, 4) is 0 Å². The van der Waals surface area contributed by atoms with E-state index in [1.54, 1.807) is 4.90 Å². The molecule has 0 radical (unpaired) electrons. The molecule has 2 N–H and O–H groups in total. The van der Waals surface area contributed by atoms with Gasteiger partial charge in [-0.15, -0.1) is 0 Å². The van der Waals surface area contributed by atoms with Gasteiger partial charge in [0.25, 0.3) is 0 Å². The summed E-state index contributed by atoms with van der Waals surface area (Å²) >= 11 is 0. The lowest BCUT2D eigenvalue weighted by Gasteiger charge is -2.29. The Morgan fingerprint density at radius 3 is 2.58 bits per heavy atom. The predicted molar refractivity (Wildman–Crippen MR) is 74.0 cm³/mol. The van der Waals surface area contributed by atoms with E-state index in [2.05, 4.69) is 10.6 Å². The molecule has 2 amide bonds. The number of aryl methyl sites for hydroxylation is 1. The van der Waals surface area contributed by atoms with Crippen LogP contribution in [0.2, 0.25) is 0 Å². The molecule has 1 aromatic carbocycles. The van der Waals surface area contributed by atoms with Crippen molar-refractivity contribution < 1.29 is 9.59 Å². The van der Waals surface area contributed by atoms with Crippen molar-refractivity contribution in [1.82, 2.24) is 10.6 Å². The average molecular weight is 261 g/mol. The van der Waals surface area contributed by atoms with E-state index in [9.17, 15) is 9.59 Å². The smallest absolute Gasteiger partial charge is 0.245 e. The summed E-state index contributed by atoms with van der Waals surface area (Å²) in [5, 5.41) is 5.66. The normalized spacial score (nSPS) is 18.8. The number of benzene rings is 1. The quantitative estimate of drug-likeness (QED) is 0.830. The maximum atomic E-state index is 12.4. The summed E-state index contributed by atoms with van der Waals surface area (Å²) in [5.41, 5.74) is 2.05. The molecule has 1 fully saturated rings. The fraction of sp³-hybridized carbons (Fsp3) is 0.429. The van der Waals surface area contributed by atoms with Gasteiger partial charge in [-0.1, -0.05) is 17.7 Å². The Kier molecular flexibility index (Phi) is 4.16. The summed E-state index contributed by atoms with van der Waals surface area (Å²) in [6.07, 6.45) is 0. The summed E-state index contributed by atoms with van der Waals surface area (Å²) in [4.78, 5) is 25.2. The molecule has 1 heterocycles. The molecule has 5 nitrogen and oxygen atoms in total. The molecular weight excluding hydrogens is 242 g/mol. The van der Waals surface area contributed by atoms with E-state index in [1.165, 1.54) is 0 Å². The minimum absolute atomic E-state index is 0.00801. The van der Waals surface area contributed by atoms with Crippen LogP contribution in [0.25, 0.3) is 0 Å². The Morgan fingerprint density at radius 1 is 1.37 bits per heavy atom. The molecule has 2 rings (SSSR count). The van der Waals surface area contributed by atoms with Gasteiger partial charge in [-0.2, -0.15) is 0 Å². The Balaban J connectivity index is 2.10. The van der Waals surface area contributed by atoms with Crippen LogP contribution in [0, 0.1) is 6.92 Å². The maximum absolute atomic E-state index is 12.4. The first-order valence-electron chi connectivity index (χ1n) is 6.50. The number of hydrogen-bond acceptors (Lipinski definition) is 3. The number of piperazine rings is 1. The number of carbonyl (C=O) groups excluding carboxylic acids is 2. The standard InChI is InChI=1S/C14H19N3O2/c1-3-17(11-6-4-10(2)5-7-11)14(19)12-8-16-13(18)9-15-12/h4-7,12,15H,3,8-9H2,1-2H3,(H,16,18). The molecule has 1 aromatic rings. The van der Waals surface area contributed by atoms with Crippen LogP contribution in [-0.2, 0) is 9.59 Å². The van der Waals surface area contributed by atoms with E-state index in [-0.39, 0.29) is 24.4 Å². The molecule has 1 unspecified atom stereocenters. The molecule has 1 atom stereocenters. The van der Waals surface area contributed by atoms with Gasteiger partial charge in [0.05, 0.1) is 6.54 Å². The monoisotopic (exact) mass is 261 g/mol. The molecule has 102 valence electrons. The maximum Gasteiger partial charge on any atom is 0.245 e. The van der Waals surface area contributed by atoms with Crippen LogP contribution in [0.1, 0.15) is 12.5 Å². The van der Waals surface area contributed by atoms with Gasteiger partial charge in [0, 0.05) is 18.8 Å². The highest BCUT2D eigenvalue weighted by Crippen LogP contribution is 2.16. The minimum Gasteiger partial charge on any atom is -0.353 e. The molecule has 19 heavy (non-hydrogen) atoms. The summed E-state index contributed by atoms with van der Waals surface area (Å²) < 4.78 is 0. The molecule has 1 saturated heterocycles. The molecule has 0 spiro atoms. The van der Waals surface area contributed by atoms with Gasteiger partial charge in [-0.05, 0) is 26.0 Å². The third kappa shape index (κ3) is 3.12. The second-order valence-electron chi connectivity index (χ2n) is 4.66. The molecule has 0 saturated carbocycles. The van der Waals surface area contributed by atoms with Gasteiger partial charge < -0.3 is 10.2 Å². The molecule has 0 aromatic heterocycles. The van der Waals surface area contributed by atoms with Gasteiger partial charge in [-0.25, -0.2) is 0 Å². The van der Waals surface area contributed by atoms with Crippen molar-refractivity contribution in [3.63, 3.8) is 0 Å². The third-order valence-corrected chi connectivity index (χ3v) is 3.24. The van der Waals surface area contributed by atoms with Crippen LogP contribution >= 0.6 is 0 Å². The largest absolute Gasteiger partial charge is 0.353 e. The van der Waals surface area contributed by atoms with Crippen LogP contribution in [-0.4, -0.2) is 37.5 Å². The highest BCUT2D eigenvalue weighted by molar-refractivity contribution is 5.98. The number of nitrogens with one attached hydrogen (secondary N) is 2. The number of nitrogens with zero attached hydrogens (tertiary/aromatic N) is 1. The van der Waals surface area contributed by atoms with Crippen LogP contribution in [0.3, 0.4) is 0 Å².